The van der Waals surface area contributed by atoms with Gasteiger partial charge < -0.3 is 20.7 Å². The van der Waals surface area contributed by atoms with Crippen LogP contribution in [0.5, 0.6) is 5.75 Å². The average Bonchev–Trinajstić information content (AvgIpc) is 3.02. The summed E-state index contributed by atoms with van der Waals surface area (Å²) < 4.78 is 6.06. The highest BCUT2D eigenvalue weighted by Gasteiger charge is 2.19. The zero-order valence-electron chi connectivity index (χ0n) is 15.0. The van der Waals surface area contributed by atoms with Crippen LogP contribution >= 0.6 is 0 Å². The molecule has 136 valence electrons. The Hall–Kier alpha value is -2.53. The molecule has 26 heavy (non-hydrogen) atoms. The number of ether oxygens (including phenoxy) is 1. The Labute approximate surface area is 154 Å². The van der Waals surface area contributed by atoms with E-state index in [4.69, 9.17) is 4.74 Å². The molecule has 0 aliphatic carbocycles. The summed E-state index contributed by atoms with van der Waals surface area (Å²) in [5, 5.41) is 9.73. The molecule has 1 amide bonds. The fourth-order valence-corrected chi connectivity index (χ4v) is 3.65. The fraction of sp³-hybridized carbons (Fsp3) is 0.381. The van der Waals surface area contributed by atoms with E-state index in [9.17, 15) is 4.79 Å². The lowest BCUT2D eigenvalue weighted by molar-refractivity contribution is 0.102. The highest BCUT2D eigenvalue weighted by atomic mass is 16.5. The predicted molar refractivity (Wildman–Crippen MR) is 104 cm³/mol. The molecule has 0 saturated carbocycles. The lowest BCUT2D eigenvalue weighted by Gasteiger charge is -2.24. The summed E-state index contributed by atoms with van der Waals surface area (Å²) in [4.78, 5) is 12.6. The zero-order valence-corrected chi connectivity index (χ0v) is 15.0. The Balaban J connectivity index is 1.43. The van der Waals surface area contributed by atoms with Gasteiger partial charge >= 0.3 is 0 Å². The van der Waals surface area contributed by atoms with Gasteiger partial charge in [0, 0.05) is 29.0 Å². The SMILES string of the molecule is C[C@@H]1Cc2cc(C(=O)Nc3cccc(OC4CCNCC4)c3)ccc2N1. The quantitative estimate of drug-likeness (QED) is 0.790. The van der Waals surface area contributed by atoms with E-state index in [1.54, 1.807) is 0 Å². The van der Waals surface area contributed by atoms with E-state index in [1.807, 2.05) is 42.5 Å². The number of amides is 1. The zero-order chi connectivity index (χ0) is 17.9. The van der Waals surface area contributed by atoms with Crippen molar-refractivity contribution < 1.29 is 9.53 Å². The van der Waals surface area contributed by atoms with Gasteiger partial charge in [-0.2, -0.15) is 0 Å². The molecule has 1 fully saturated rings. The molecule has 1 saturated heterocycles. The number of rotatable bonds is 4. The van der Waals surface area contributed by atoms with Crippen molar-refractivity contribution in [2.45, 2.75) is 38.3 Å². The number of benzene rings is 2. The van der Waals surface area contributed by atoms with Crippen LogP contribution in [0.1, 0.15) is 35.7 Å². The summed E-state index contributed by atoms with van der Waals surface area (Å²) in [6.07, 6.45) is 3.22. The average molecular weight is 351 g/mol. The molecule has 3 N–H and O–H groups in total. The molecule has 2 heterocycles. The number of piperidine rings is 1. The first-order chi connectivity index (χ1) is 12.7. The molecule has 1 atom stereocenters. The Morgan fingerprint density at radius 3 is 2.85 bits per heavy atom. The third-order valence-electron chi connectivity index (χ3n) is 4.98. The van der Waals surface area contributed by atoms with E-state index >= 15 is 0 Å². The van der Waals surface area contributed by atoms with Gasteiger partial charge in [0.15, 0.2) is 0 Å². The number of carbonyl (C=O) groups excluding carboxylic acids is 1. The molecule has 0 radical (unpaired) electrons. The van der Waals surface area contributed by atoms with E-state index in [0.29, 0.717) is 11.6 Å². The molecular weight excluding hydrogens is 326 g/mol. The number of fused-ring (bicyclic) bond motifs is 1. The van der Waals surface area contributed by atoms with E-state index in [2.05, 4.69) is 22.9 Å². The van der Waals surface area contributed by atoms with Gasteiger partial charge in [-0.3, -0.25) is 4.79 Å². The second-order valence-electron chi connectivity index (χ2n) is 7.17. The molecule has 2 aliphatic rings. The molecule has 2 aliphatic heterocycles. The van der Waals surface area contributed by atoms with Crippen molar-refractivity contribution in [1.29, 1.82) is 0 Å². The van der Waals surface area contributed by atoms with Gasteiger partial charge in [0.1, 0.15) is 11.9 Å². The second kappa shape index (κ2) is 7.38. The molecule has 0 bridgehead atoms. The third-order valence-corrected chi connectivity index (χ3v) is 4.98. The Kier molecular flexibility index (Phi) is 4.80. The molecule has 2 aromatic rings. The first-order valence-corrected chi connectivity index (χ1v) is 9.35. The first kappa shape index (κ1) is 16.9. The smallest absolute Gasteiger partial charge is 0.255 e. The number of carbonyl (C=O) groups is 1. The molecule has 5 nitrogen and oxygen atoms in total. The van der Waals surface area contributed by atoms with Gasteiger partial charge in [-0.1, -0.05) is 6.07 Å². The lowest BCUT2D eigenvalue weighted by atomic mass is 10.1. The summed E-state index contributed by atoms with van der Waals surface area (Å²) in [7, 11) is 0. The molecular formula is C21H25N3O2. The molecule has 4 rings (SSSR count). The van der Waals surface area contributed by atoms with Crippen molar-refractivity contribution in [1.82, 2.24) is 5.32 Å². The van der Waals surface area contributed by atoms with Crippen LogP contribution in [-0.4, -0.2) is 31.1 Å². The second-order valence-corrected chi connectivity index (χ2v) is 7.17. The van der Waals surface area contributed by atoms with Crippen LogP contribution in [0.3, 0.4) is 0 Å². The van der Waals surface area contributed by atoms with Crippen molar-refractivity contribution in [2.24, 2.45) is 0 Å². The Morgan fingerprint density at radius 2 is 2.00 bits per heavy atom. The molecule has 5 heteroatoms. The van der Waals surface area contributed by atoms with Gasteiger partial charge in [-0.05, 0) is 75.2 Å². The number of hydrogen-bond donors (Lipinski definition) is 3. The molecule has 2 aromatic carbocycles. The van der Waals surface area contributed by atoms with E-state index in [1.165, 1.54) is 5.56 Å². The van der Waals surface area contributed by atoms with E-state index in [-0.39, 0.29) is 12.0 Å². The predicted octanol–water partition coefficient (Wildman–Crippen LogP) is 3.43. The maximum atomic E-state index is 12.6. The van der Waals surface area contributed by atoms with Crippen LogP contribution in [-0.2, 0) is 6.42 Å². The van der Waals surface area contributed by atoms with Crippen LogP contribution in [0.25, 0.3) is 0 Å². The minimum atomic E-state index is -0.0913. The lowest BCUT2D eigenvalue weighted by Crippen LogP contribution is -2.34. The van der Waals surface area contributed by atoms with Crippen molar-refractivity contribution >= 4 is 17.3 Å². The largest absolute Gasteiger partial charge is 0.490 e. The summed E-state index contributed by atoms with van der Waals surface area (Å²) in [6, 6.07) is 13.9. The first-order valence-electron chi connectivity index (χ1n) is 9.35. The van der Waals surface area contributed by atoms with Gasteiger partial charge in [-0.15, -0.1) is 0 Å². The van der Waals surface area contributed by atoms with Gasteiger partial charge in [0.25, 0.3) is 5.91 Å². The highest BCUT2D eigenvalue weighted by Crippen LogP contribution is 2.27. The van der Waals surface area contributed by atoms with Gasteiger partial charge in [0.05, 0.1) is 0 Å². The van der Waals surface area contributed by atoms with Crippen molar-refractivity contribution in [3.8, 4) is 5.75 Å². The minimum Gasteiger partial charge on any atom is -0.490 e. The summed E-state index contributed by atoms with van der Waals surface area (Å²) in [6.45, 7) is 4.13. The Bertz CT molecular complexity index is 800. The van der Waals surface area contributed by atoms with E-state index in [0.717, 1.165) is 49.5 Å². The van der Waals surface area contributed by atoms with Crippen LogP contribution in [0.2, 0.25) is 0 Å². The maximum absolute atomic E-state index is 12.6. The van der Waals surface area contributed by atoms with E-state index < -0.39 is 0 Å². The maximum Gasteiger partial charge on any atom is 0.255 e. The molecule has 0 spiro atoms. The van der Waals surface area contributed by atoms with Crippen molar-refractivity contribution in [2.75, 3.05) is 23.7 Å². The minimum absolute atomic E-state index is 0.0913. The monoisotopic (exact) mass is 351 g/mol. The van der Waals surface area contributed by atoms with Gasteiger partial charge in [-0.25, -0.2) is 0 Å². The Morgan fingerprint density at radius 1 is 1.15 bits per heavy atom. The van der Waals surface area contributed by atoms with Crippen molar-refractivity contribution in [3.05, 3.63) is 53.6 Å². The van der Waals surface area contributed by atoms with Crippen LogP contribution < -0.4 is 20.7 Å². The standard InChI is InChI=1S/C21H25N3O2/c1-14-11-16-12-15(5-6-20(16)23-14)21(25)24-17-3-2-4-19(13-17)26-18-7-9-22-10-8-18/h2-6,12-14,18,22-23H,7-11H2,1H3,(H,24,25)/t14-/m1/s1. The third kappa shape index (κ3) is 3.83. The van der Waals surface area contributed by atoms with Crippen LogP contribution in [0.4, 0.5) is 11.4 Å². The topological polar surface area (TPSA) is 62.4 Å². The highest BCUT2D eigenvalue weighted by molar-refractivity contribution is 6.04. The molecule has 0 aromatic heterocycles. The number of nitrogens with one attached hydrogen (secondary N) is 3. The number of anilines is 2. The summed E-state index contributed by atoms with van der Waals surface area (Å²) in [5.74, 6) is 0.716. The van der Waals surface area contributed by atoms with Gasteiger partial charge in [0.2, 0.25) is 0 Å². The van der Waals surface area contributed by atoms with Crippen LogP contribution in [0, 0.1) is 0 Å². The summed E-state index contributed by atoms with van der Waals surface area (Å²) >= 11 is 0. The fourth-order valence-electron chi connectivity index (χ4n) is 3.65. The summed E-state index contributed by atoms with van der Waals surface area (Å²) in [5.41, 5.74) is 3.78. The number of hydrogen-bond acceptors (Lipinski definition) is 4. The normalized spacial score (nSPS) is 19.5. The molecule has 0 unspecified atom stereocenters. The van der Waals surface area contributed by atoms with Crippen LogP contribution in [0.15, 0.2) is 42.5 Å². The van der Waals surface area contributed by atoms with Crippen molar-refractivity contribution in [3.63, 3.8) is 0 Å².